The van der Waals surface area contributed by atoms with E-state index in [1.807, 2.05) is 6.07 Å². The Bertz CT molecular complexity index is 391. The maximum atomic E-state index is 5.91. The van der Waals surface area contributed by atoms with Crippen LogP contribution in [-0.4, -0.2) is 5.05 Å². The van der Waals surface area contributed by atoms with Crippen LogP contribution in [0.3, 0.4) is 0 Å². The second kappa shape index (κ2) is 2.80. The summed E-state index contributed by atoms with van der Waals surface area (Å²) < 4.78 is 5.91. The van der Waals surface area contributed by atoms with Crippen molar-refractivity contribution in [2.45, 2.75) is 31.3 Å². The van der Waals surface area contributed by atoms with E-state index >= 15 is 0 Å². The lowest BCUT2D eigenvalue weighted by Gasteiger charge is -2.23. The molecule has 0 aromatic heterocycles. The number of hydrogen-bond acceptors (Lipinski definition) is 2. The number of hydrogen-bond donors (Lipinski definition) is 0. The zero-order valence-corrected chi connectivity index (χ0v) is 8.77. The average molecular weight is 204 g/mol. The van der Waals surface area contributed by atoms with Gasteiger partial charge in [0.15, 0.2) is 5.05 Å². The lowest BCUT2D eigenvalue weighted by Crippen LogP contribution is -2.21. The van der Waals surface area contributed by atoms with Crippen LogP contribution in [0.4, 0.5) is 0 Å². The Morgan fingerprint density at radius 1 is 1.14 bits per heavy atom. The van der Waals surface area contributed by atoms with E-state index in [4.69, 9.17) is 17.0 Å². The van der Waals surface area contributed by atoms with Crippen molar-refractivity contribution in [1.82, 2.24) is 0 Å². The van der Waals surface area contributed by atoms with E-state index in [1.165, 1.54) is 18.4 Å². The number of fused-ring (bicyclic) bond motifs is 2. The lowest BCUT2D eigenvalue weighted by molar-refractivity contribution is 0.0795. The van der Waals surface area contributed by atoms with E-state index in [-0.39, 0.29) is 5.60 Å². The minimum atomic E-state index is -0.0479. The maximum Gasteiger partial charge on any atom is 0.192 e. The van der Waals surface area contributed by atoms with Gasteiger partial charge in [0.25, 0.3) is 0 Å². The van der Waals surface area contributed by atoms with Crippen molar-refractivity contribution in [3.63, 3.8) is 0 Å². The van der Waals surface area contributed by atoms with Gasteiger partial charge in [0.2, 0.25) is 0 Å². The topological polar surface area (TPSA) is 9.23 Å². The maximum absolute atomic E-state index is 5.91. The van der Waals surface area contributed by atoms with E-state index in [2.05, 4.69) is 18.2 Å². The zero-order valence-electron chi connectivity index (χ0n) is 7.95. The SMILES string of the molecule is S=C1OC2(CCCC2)c2ccccc21. The molecule has 0 amide bonds. The lowest BCUT2D eigenvalue weighted by atomic mass is 9.91. The monoisotopic (exact) mass is 204 g/mol. The molecule has 1 aliphatic heterocycles. The van der Waals surface area contributed by atoms with Gasteiger partial charge in [0.1, 0.15) is 5.60 Å². The van der Waals surface area contributed by atoms with Crippen LogP contribution in [0.15, 0.2) is 24.3 Å². The van der Waals surface area contributed by atoms with Crippen molar-refractivity contribution in [3.8, 4) is 0 Å². The van der Waals surface area contributed by atoms with E-state index in [9.17, 15) is 0 Å². The molecule has 1 saturated carbocycles. The molecule has 0 bridgehead atoms. The fourth-order valence-corrected chi connectivity index (χ4v) is 3.00. The molecule has 14 heavy (non-hydrogen) atoms. The minimum Gasteiger partial charge on any atom is -0.472 e. The van der Waals surface area contributed by atoms with E-state index in [0.29, 0.717) is 5.05 Å². The van der Waals surface area contributed by atoms with Crippen molar-refractivity contribution < 1.29 is 4.74 Å². The molecular weight excluding hydrogens is 192 g/mol. The second-order valence-electron chi connectivity index (χ2n) is 4.14. The molecule has 1 spiro atoms. The number of benzene rings is 1. The Kier molecular flexibility index (Phi) is 1.68. The van der Waals surface area contributed by atoms with Gasteiger partial charge >= 0.3 is 0 Å². The van der Waals surface area contributed by atoms with Gasteiger partial charge in [-0.25, -0.2) is 0 Å². The van der Waals surface area contributed by atoms with Crippen LogP contribution in [0.5, 0.6) is 0 Å². The molecule has 1 aliphatic carbocycles. The third-order valence-electron chi connectivity index (χ3n) is 3.34. The molecule has 72 valence electrons. The first-order valence-electron chi connectivity index (χ1n) is 5.15. The summed E-state index contributed by atoms with van der Waals surface area (Å²) in [7, 11) is 0. The van der Waals surface area contributed by atoms with Crippen LogP contribution in [0, 0.1) is 0 Å². The Labute approximate surface area is 89.1 Å². The summed E-state index contributed by atoms with van der Waals surface area (Å²) in [6.07, 6.45) is 4.78. The molecule has 3 rings (SSSR count). The molecule has 0 unspecified atom stereocenters. The average Bonchev–Trinajstić information content (AvgIpc) is 2.77. The Morgan fingerprint density at radius 3 is 2.64 bits per heavy atom. The summed E-state index contributed by atoms with van der Waals surface area (Å²) in [5, 5.41) is 0.697. The highest BCUT2D eigenvalue weighted by Crippen LogP contribution is 2.48. The minimum absolute atomic E-state index is 0.0479. The highest BCUT2D eigenvalue weighted by Gasteiger charge is 2.45. The second-order valence-corrected chi connectivity index (χ2v) is 4.51. The summed E-state index contributed by atoms with van der Waals surface area (Å²) in [6.45, 7) is 0. The quantitative estimate of drug-likeness (QED) is 0.600. The van der Waals surface area contributed by atoms with Gasteiger partial charge < -0.3 is 4.74 Å². The Balaban J connectivity index is 2.18. The third-order valence-corrected chi connectivity index (χ3v) is 3.64. The van der Waals surface area contributed by atoms with Crippen molar-refractivity contribution in [2.75, 3.05) is 0 Å². The van der Waals surface area contributed by atoms with Gasteiger partial charge in [0, 0.05) is 11.1 Å². The molecular formula is C12H12OS. The number of thiocarbonyl (C=S) groups is 1. The molecule has 1 fully saturated rings. The highest BCUT2D eigenvalue weighted by molar-refractivity contribution is 7.80. The van der Waals surface area contributed by atoms with Gasteiger partial charge in [-0.15, -0.1) is 0 Å². The number of rotatable bonds is 0. The molecule has 0 saturated heterocycles. The van der Waals surface area contributed by atoms with Gasteiger partial charge in [-0.1, -0.05) is 18.2 Å². The summed E-state index contributed by atoms with van der Waals surface area (Å²) >= 11 is 5.26. The van der Waals surface area contributed by atoms with Crippen molar-refractivity contribution in [3.05, 3.63) is 35.4 Å². The summed E-state index contributed by atoms with van der Waals surface area (Å²) in [5.41, 5.74) is 2.42. The molecule has 1 aromatic rings. The normalized spacial score (nSPS) is 22.4. The van der Waals surface area contributed by atoms with Gasteiger partial charge in [0.05, 0.1) is 0 Å². The number of ether oxygens (including phenoxy) is 1. The molecule has 0 N–H and O–H groups in total. The highest BCUT2D eigenvalue weighted by atomic mass is 32.1. The van der Waals surface area contributed by atoms with Gasteiger partial charge in [-0.3, -0.25) is 0 Å². The van der Waals surface area contributed by atoms with Crippen LogP contribution in [0.2, 0.25) is 0 Å². The smallest absolute Gasteiger partial charge is 0.192 e. The first-order chi connectivity index (χ1) is 6.82. The summed E-state index contributed by atoms with van der Waals surface area (Å²) in [4.78, 5) is 0. The van der Waals surface area contributed by atoms with E-state index in [0.717, 1.165) is 18.4 Å². The molecule has 0 atom stereocenters. The van der Waals surface area contributed by atoms with E-state index in [1.54, 1.807) is 0 Å². The standard InChI is InChI=1S/C12H12OS/c14-11-9-5-1-2-6-10(9)12(13-11)7-3-4-8-12/h1-2,5-6H,3-4,7-8H2. The van der Waals surface area contributed by atoms with Crippen molar-refractivity contribution in [1.29, 1.82) is 0 Å². The van der Waals surface area contributed by atoms with Gasteiger partial charge in [-0.05, 0) is 44.0 Å². The fourth-order valence-electron chi connectivity index (χ4n) is 2.66. The Hall–Kier alpha value is -0.890. The molecule has 1 nitrogen and oxygen atoms in total. The van der Waals surface area contributed by atoms with Crippen molar-refractivity contribution in [2.24, 2.45) is 0 Å². The van der Waals surface area contributed by atoms with Gasteiger partial charge in [-0.2, -0.15) is 0 Å². The predicted molar refractivity (Wildman–Crippen MR) is 59.4 cm³/mol. The van der Waals surface area contributed by atoms with Crippen LogP contribution in [-0.2, 0) is 10.3 Å². The Morgan fingerprint density at radius 2 is 1.86 bits per heavy atom. The molecule has 2 aliphatic rings. The molecule has 1 aromatic carbocycles. The molecule has 2 heteroatoms. The van der Waals surface area contributed by atoms with Crippen LogP contribution < -0.4 is 0 Å². The summed E-state index contributed by atoms with van der Waals surface area (Å²) in [5.74, 6) is 0. The first kappa shape index (κ1) is 8.42. The predicted octanol–water partition coefficient (Wildman–Crippen LogP) is 3.16. The largest absolute Gasteiger partial charge is 0.472 e. The van der Waals surface area contributed by atoms with Crippen LogP contribution in [0.1, 0.15) is 36.8 Å². The zero-order chi connectivity index (χ0) is 9.60. The van der Waals surface area contributed by atoms with Crippen molar-refractivity contribution >= 4 is 17.3 Å². The van der Waals surface area contributed by atoms with Crippen LogP contribution >= 0.6 is 12.2 Å². The fraction of sp³-hybridized carbons (Fsp3) is 0.417. The third kappa shape index (κ3) is 0.976. The molecule has 1 heterocycles. The summed E-state index contributed by atoms with van der Waals surface area (Å²) in [6, 6.07) is 8.35. The van der Waals surface area contributed by atoms with E-state index < -0.39 is 0 Å². The first-order valence-corrected chi connectivity index (χ1v) is 5.56. The van der Waals surface area contributed by atoms with Crippen LogP contribution in [0.25, 0.3) is 0 Å². The molecule has 0 radical (unpaired) electrons.